The summed E-state index contributed by atoms with van der Waals surface area (Å²) in [5.41, 5.74) is -1.08. The van der Waals surface area contributed by atoms with Crippen molar-refractivity contribution in [1.82, 2.24) is 0 Å². The molecule has 0 bridgehead atoms. The summed E-state index contributed by atoms with van der Waals surface area (Å²) in [5, 5.41) is 144. The maximum Gasteiger partial charge on any atom is 0.336 e. The molecule has 4 aromatic rings. The van der Waals surface area contributed by atoms with Crippen LogP contribution < -0.4 is 19.6 Å². The van der Waals surface area contributed by atoms with Crippen molar-refractivity contribution >= 4 is 23.0 Å². The molecule has 3 fully saturated rings. The molecule has 7 rings (SSSR count). The van der Waals surface area contributed by atoms with Gasteiger partial charge in [-0.3, -0.25) is 4.79 Å². The van der Waals surface area contributed by atoms with E-state index >= 15 is 0 Å². The molecule has 0 amide bonds. The number of aromatic hydroxyl groups is 4. The van der Waals surface area contributed by atoms with E-state index in [2.05, 4.69) is 0 Å². The molecular weight excluding hydrogens is 924 g/mol. The summed E-state index contributed by atoms with van der Waals surface area (Å²) in [4.78, 5) is 27.3. The van der Waals surface area contributed by atoms with E-state index in [4.69, 9.17) is 37.6 Å². The van der Waals surface area contributed by atoms with Crippen molar-refractivity contribution < 1.29 is 114 Å². The Balaban J connectivity index is 1.20. The van der Waals surface area contributed by atoms with Gasteiger partial charge in [-0.05, 0) is 48.9 Å². The fourth-order valence-electron chi connectivity index (χ4n) is 7.98. The van der Waals surface area contributed by atoms with E-state index in [0.717, 1.165) is 24.3 Å². The molecule has 4 heterocycles. The fraction of sp³-hybridized carbons (Fsp3) is 0.467. The molecule has 15 atom stereocenters. The molecule has 3 aliphatic heterocycles. The van der Waals surface area contributed by atoms with E-state index in [1.807, 2.05) is 0 Å². The molecule has 0 saturated carbocycles. The van der Waals surface area contributed by atoms with Gasteiger partial charge in [-0.25, -0.2) is 4.79 Å². The molecule has 0 radical (unpaired) electrons. The smallest absolute Gasteiger partial charge is 0.336 e. The molecule has 9 unspecified atom stereocenters. The summed E-state index contributed by atoms with van der Waals surface area (Å²) >= 11 is 0. The number of aliphatic hydroxyl groups is 10. The maximum absolute atomic E-state index is 14.4. The number of phenolic OH excluding ortho intramolecular Hbond substituents is 4. The number of hydrogen-bond donors (Lipinski definition) is 14. The Hall–Kier alpha value is -5.68. The average molecular weight is 977 g/mol. The highest BCUT2D eigenvalue weighted by atomic mass is 16.7. The van der Waals surface area contributed by atoms with Crippen molar-refractivity contribution in [2.75, 3.05) is 26.4 Å². The molecule has 0 spiro atoms. The summed E-state index contributed by atoms with van der Waals surface area (Å²) in [6, 6.07) is 9.40. The van der Waals surface area contributed by atoms with Crippen LogP contribution in [0.15, 0.2) is 63.8 Å². The van der Waals surface area contributed by atoms with Crippen LogP contribution >= 0.6 is 0 Å². The van der Waals surface area contributed by atoms with Crippen LogP contribution in [0.25, 0.3) is 28.4 Å². The van der Waals surface area contributed by atoms with Crippen molar-refractivity contribution in [2.24, 2.45) is 0 Å². The number of rotatable bonds is 15. The Labute approximate surface area is 389 Å². The normalized spacial score (nSPS) is 31.7. The third-order valence-corrected chi connectivity index (χ3v) is 11.9. The molecule has 69 heavy (non-hydrogen) atoms. The van der Waals surface area contributed by atoms with E-state index in [1.165, 1.54) is 43.3 Å². The van der Waals surface area contributed by atoms with Crippen molar-refractivity contribution in [3.63, 3.8) is 0 Å². The topological polar surface area (TPSA) is 395 Å². The Kier molecular flexibility index (Phi) is 16.0. The minimum absolute atomic E-state index is 0.0610. The summed E-state index contributed by atoms with van der Waals surface area (Å²) in [6.07, 6.45) is -21.2. The fourth-order valence-corrected chi connectivity index (χ4v) is 7.98. The van der Waals surface area contributed by atoms with Crippen molar-refractivity contribution in [3.05, 3.63) is 70.4 Å². The van der Waals surface area contributed by atoms with Gasteiger partial charge < -0.3 is 109 Å². The second kappa shape index (κ2) is 21.5. The second-order valence-electron chi connectivity index (χ2n) is 16.6. The Bertz CT molecular complexity index is 2530. The number of phenols is 4. The van der Waals surface area contributed by atoms with Gasteiger partial charge in [-0.1, -0.05) is 6.07 Å². The summed E-state index contributed by atoms with van der Waals surface area (Å²) in [7, 11) is 0. The Morgan fingerprint density at radius 3 is 2.03 bits per heavy atom. The standard InChI is InChI=1S/C45H52O24/c1-17-33(53)40(60)43(69-45-41(61)39(59)35(55)29(15-47)68-45)25(64-17)8-9-62-44-37(57)32-24(51)12-20(63-16-30-36(56)38(58)34(54)28(14-46)65-30)13-27(32)67-42(44)19-4-6-22(49)26(11-19)66-31(52)7-3-18-2-5-21(48)23(50)10-18/h2-7,10-13,17,25,28-30,33-36,38-41,43,45-51,53-56,58-61H,8-9,14-16H2,1H3/b7-3+/t17?,25?,28?,29?,30-,33?,34+,35+,36?,38-,39-,40?,41?,43?,45-/m0/s1. The van der Waals surface area contributed by atoms with E-state index in [-0.39, 0.29) is 29.1 Å². The highest BCUT2D eigenvalue weighted by molar-refractivity contribution is 5.90. The third-order valence-electron chi connectivity index (χ3n) is 11.9. The average Bonchev–Trinajstić information content (AvgIpc) is 3.32. The molecule has 376 valence electrons. The number of hydrogen-bond acceptors (Lipinski definition) is 24. The van der Waals surface area contributed by atoms with Gasteiger partial charge >= 0.3 is 5.97 Å². The van der Waals surface area contributed by atoms with Gasteiger partial charge in [0.1, 0.15) is 102 Å². The molecular formula is C45H52O24. The Morgan fingerprint density at radius 2 is 1.33 bits per heavy atom. The van der Waals surface area contributed by atoms with Crippen LogP contribution in [-0.2, 0) is 23.7 Å². The number of aliphatic hydroxyl groups excluding tert-OH is 10. The second-order valence-corrected chi connectivity index (χ2v) is 16.6. The molecule has 0 aliphatic carbocycles. The van der Waals surface area contributed by atoms with Crippen LogP contribution in [0.2, 0.25) is 0 Å². The predicted molar refractivity (Wildman–Crippen MR) is 230 cm³/mol. The molecule has 24 heteroatoms. The lowest BCUT2D eigenvalue weighted by atomic mass is 9.93. The number of carbonyl (C=O) groups is 1. The largest absolute Gasteiger partial charge is 0.507 e. The first-order chi connectivity index (χ1) is 32.8. The lowest BCUT2D eigenvalue weighted by Gasteiger charge is -2.46. The highest BCUT2D eigenvalue weighted by Gasteiger charge is 2.50. The quantitative estimate of drug-likeness (QED) is 0.0255. The van der Waals surface area contributed by atoms with Gasteiger partial charge in [0.2, 0.25) is 11.2 Å². The molecule has 3 aromatic carbocycles. The van der Waals surface area contributed by atoms with Gasteiger partial charge in [-0.15, -0.1) is 0 Å². The number of benzene rings is 3. The highest BCUT2D eigenvalue weighted by Crippen LogP contribution is 2.40. The van der Waals surface area contributed by atoms with Crippen molar-refractivity contribution in [1.29, 1.82) is 0 Å². The van der Waals surface area contributed by atoms with Gasteiger partial charge in [0.25, 0.3) is 0 Å². The third kappa shape index (κ3) is 10.9. The first-order valence-electron chi connectivity index (χ1n) is 21.4. The van der Waals surface area contributed by atoms with Crippen LogP contribution in [0.3, 0.4) is 0 Å². The Morgan fingerprint density at radius 1 is 0.667 bits per heavy atom. The van der Waals surface area contributed by atoms with Crippen LogP contribution in [-0.4, -0.2) is 196 Å². The zero-order chi connectivity index (χ0) is 50.0. The van der Waals surface area contributed by atoms with E-state index in [1.54, 1.807) is 0 Å². The van der Waals surface area contributed by atoms with Crippen LogP contribution in [0, 0.1) is 0 Å². The molecule has 3 aliphatic rings. The number of fused-ring (bicyclic) bond motifs is 1. The van der Waals surface area contributed by atoms with E-state index < -0.39 is 169 Å². The van der Waals surface area contributed by atoms with E-state index in [0.29, 0.717) is 5.56 Å². The van der Waals surface area contributed by atoms with Crippen molar-refractivity contribution in [3.8, 4) is 51.6 Å². The predicted octanol–water partition coefficient (Wildman–Crippen LogP) is -2.41. The molecule has 1 aromatic heterocycles. The van der Waals surface area contributed by atoms with E-state index in [9.17, 15) is 81.1 Å². The van der Waals surface area contributed by atoms with Crippen LogP contribution in [0.1, 0.15) is 18.9 Å². The van der Waals surface area contributed by atoms with Gasteiger partial charge in [0.05, 0.1) is 32.0 Å². The van der Waals surface area contributed by atoms with Gasteiger partial charge in [0, 0.05) is 30.2 Å². The van der Waals surface area contributed by atoms with Crippen molar-refractivity contribution in [2.45, 2.75) is 105 Å². The SMILES string of the molecule is CC1OC(CCOc2c(-c3ccc(O)c(OC(=O)/C=C/c4ccc(O)c(O)c4)c3)oc3cc(OC[C@@H]4OC(CO)[C@@H](O)[C@H](O)C4O)cc(O)c3c2=O)C(O[C@@H]2OC(CO)[C@@H](O)[C@H](O)C2O)C(O)C1O. The summed E-state index contributed by atoms with van der Waals surface area (Å²) in [6.45, 7) is -1.03. The number of ether oxygens (including phenoxy) is 7. The first-order valence-corrected chi connectivity index (χ1v) is 21.4. The zero-order valence-corrected chi connectivity index (χ0v) is 36.3. The van der Waals surface area contributed by atoms with Gasteiger partial charge in [0.15, 0.2) is 35.0 Å². The minimum Gasteiger partial charge on any atom is -0.507 e. The summed E-state index contributed by atoms with van der Waals surface area (Å²) < 4.78 is 46.0. The lowest BCUT2D eigenvalue weighted by Crippen LogP contribution is -2.63. The van der Waals surface area contributed by atoms with Gasteiger partial charge in [-0.2, -0.15) is 0 Å². The lowest BCUT2D eigenvalue weighted by molar-refractivity contribution is -0.340. The molecule has 14 N–H and O–H groups in total. The monoisotopic (exact) mass is 976 g/mol. The minimum atomic E-state index is -1.89. The number of esters is 1. The van der Waals surface area contributed by atoms with Crippen LogP contribution in [0.4, 0.5) is 0 Å². The molecule has 3 saturated heterocycles. The zero-order valence-electron chi connectivity index (χ0n) is 36.3. The first kappa shape index (κ1) is 51.2. The number of carbonyl (C=O) groups excluding carboxylic acids is 1. The molecule has 24 nitrogen and oxygen atoms in total. The van der Waals surface area contributed by atoms with Crippen LogP contribution in [0.5, 0.6) is 40.2 Å². The maximum atomic E-state index is 14.4. The summed E-state index contributed by atoms with van der Waals surface area (Å²) in [5.74, 6) is -4.69.